The Hall–Kier alpha value is -3.75. The maximum Gasteiger partial charge on any atom is 0.338 e. The maximum atomic E-state index is 12.5. The quantitative estimate of drug-likeness (QED) is 0.448. The third-order valence-electron chi connectivity index (χ3n) is 4.14. The maximum absolute atomic E-state index is 12.5. The average molecular weight is 378 g/mol. The fraction of sp³-hybridized carbons (Fsp3) is 0.105. The Balaban J connectivity index is 2.45. The van der Waals surface area contributed by atoms with Gasteiger partial charge in [-0.1, -0.05) is 6.58 Å². The largest absolute Gasteiger partial charge is 0.465 e. The van der Waals surface area contributed by atoms with Crippen LogP contribution in [0.5, 0.6) is 0 Å². The van der Waals surface area contributed by atoms with E-state index in [1.807, 2.05) is 0 Å². The van der Waals surface area contributed by atoms with Crippen LogP contribution in [0.4, 0.5) is 0 Å². The molecule has 0 atom stereocenters. The van der Waals surface area contributed by atoms with Gasteiger partial charge >= 0.3 is 11.9 Å². The SMILES string of the molecule is C=C1C(=O)c2sc3cc(C(=O)OC)c(C(=O)OC)cc3c2C1=C(C#N)C#N. The highest BCUT2D eigenvalue weighted by Crippen LogP contribution is 2.47. The van der Waals surface area contributed by atoms with E-state index in [-0.39, 0.29) is 27.8 Å². The van der Waals surface area contributed by atoms with Crippen LogP contribution in [0.15, 0.2) is 29.9 Å². The summed E-state index contributed by atoms with van der Waals surface area (Å²) in [4.78, 5) is 37.0. The molecule has 0 spiro atoms. The molecular formula is C19H10N2O5S. The van der Waals surface area contributed by atoms with Gasteiger partial charge in [-0.15, -0.1) is 11.3 Å². The molecule has 3 rings (SSSR count). The number of carbonyl (C=O) groups is 3. The number of benzene rings is 1. The number of allylic oxidation sites excluding steroid dienone is 3. The van der Waals surface area contributed by atoms with Crippen molar-refractivity contribution in [3.05, 3.63) is 51.4 Å². The van der Waals surface area contributed by atoms with Crippen LogP contribution in [0.2, 0.25) is 0 Å². The highest BCUT2D eigenvalue weighted by Gasteiger charge is 2.36. The van der Waals surface area contributed by atoms with Gasteiger partial charge in [0.1, 0.15) is 17.7 Å². The molecule has 1 heterocycles. The first-order valence-corrected chi connectivity index (χ1v) is 8.27. The number of nitriles is 2. The number of esters is 2. The highest BCUT2D eigenvalue weighted by atomic mass is 32.1. The number of ketones is 1. The molecule has 0 unspecified atom stereocenters. The zero-order chi connectivity index (χ0) is 19.9. The second kappa shape index (κ2) is 6.52. The van der Waals surface area contributed by atoms with Crippen LogP contribution in [0.1, 0.15) is 36.0 Å². The van der Waals surface area contributed by atoms with Gasteiger partial charge in [0.05, 0.1) is 30.2 Å². The predicted molar refractivity (Wildman–Crippen MR) is 96.1 cm³/mol. The molecule has 7 nitrogen and oxygen atoms in total. The van der Waals surface area contributed by atoms with Gasteiger partial charge in [0.2, 0.25) is 5.78 Å². The van der Waals surface area contributed by atoms with Crippen LogP contribution in [0, 0.1) is 22.7 Å². The lowest BCUT2D eigenvalue weighted by atomic mass is 9.96. The second-order valence-corrected chi connectivity index (χ2v) is 6.52. The molecule has 0 amide bonds. The molecule has 0 N–H and O–H groups in total. The molecule has 1 aliphatic rings. The van der Waals surface area contributed by atoms with Crippen LogP contribution in [-0.4, -0.2) is 31.9 Å². The minimum atomic E-state index is -0.758. The summed E-state index contributed by atoms with van der Waals surface area (Å²) in [6.07, 6.45) is 0. The monoisotopic (exact) mass is 378 g/mol. The number of thiophene rings is 1. The van der Waals surface area contributed by atoms with Gasteiger partial charge in [0.15, 0.2) is 0 Å². The fourth-order valence-corrected chi connectivity index (χ4v) is 4.12. The number of carbonyl (C=O) groups excluding carboxylic acids is 3. The van der Waals surface area contributed by atoms with E-state index >= 15 is 0 Å². The van der Waals surface area contributed by atoms with Gasteiger partial charge in [-0.05, 0) is 12.1 Å². The Morgan fingerprint density at radius 3 is 2.15 bits per heavy atom. The first kappa shape index (κ1) is 18.1. The van der Waals surface area contributed by atoms with E-state index in [1.54, 1.807) is 12.1 Å². The van der Waals surface area contributed by atoms with E-state index in [0.29, 0.717) is 20.5 Å². The molecule has 0 saturated carbocycles. The molecule has 2 aromatic rings. The van der Waals surface area contributed by atoms with Crippen molar-refractivity contribution >= 4 is 44.7 Å². The van der Waals surface area contributed by atoms with E-state index in [4.69, 9.17) is 9.47 Å². The topological polar surface area (TPSA) is 117 Å². The third kappa shape index (κ3) is 2.51. The lowest BCUT2D eigenvalue weighted by Crippen LogP contribution is -2.11. The number of hydrogen-bond acceptors (Lipinski definition) is 8. The lowest BCUT2D eigenvalue weighted by molar-refractivity contribution is 0.0555. The van der Waals surface area contributed by atoms with Crippen LogP contribution in [-0.2, 0) is 9.47 Å². The number of nitrogens with zero attached hydrogens (tertiary/aromatic N) is 2. The van der Waals surface area contributed by atoms with Crippen LogP contribution in [0.3, 0.4) is 0 Å². The van der Waals surface area contributed by atoms with Gasteiger partial charge < -0.3 is 9.47 Å². The van der Waals surface area contributed by atoms with Gasteiger partial charge in [-0.3, -0.25) is 4.79 Å². The van der Waals surface area contributed by atoms with Crippen molar-refractivity contribution in [1.29, 1.82) is 10.5 Å². The molecule has 8 heteroatoms. The van der Waals surface area contributed by atoms with Gasteiger partial charge in [-0.2, -0.15) is 10.5 Å². The Kier molecular flexibility index (Phi) is 4.36. The number of hydrogen-bond donors (Lipinski definition) is 0. The van der Waals surface area contributed by atoms with Gasteiger partial charge in [0.25, 0.3) is 0 Å². The van der Waals surface area contributed by atoms with Gasteiger partial charge in [-0.25, -0.2) is 9.59 Å². The van der Waals surface area contributed by atoms with Crippen LogP contribution < -0.4 is 0 Å². The van der Waals surface area contributed by atoms with E-state index in [0.717, 1.165) is 11.3 Å². The molecule has 1 aliphatic carbocycles. The zero-order valence-corrected chi connectivity index (χ0v) is 15.0. The number of Topliss-reactive ketones (excluding diaryl/α,β-unsaturated/α-hetero) is 1. The standard InChI is InChI=1S/C19H10N2O5S/c1-8-14(9(6-20)7-21)15-12-4-10(18(23)25-2)11(19(24)26-3)5-13(12)27-17(15)16(8)22/h4-5H,1H2,2-3H3. The van der Waals surface area contributed by atoms with Crippen molar-refractivity contribution < 1.29 is 23.9 Å². The molecule has 0 radical (unpaired) electrons. The summed E-state index contributed by atoms with van der Waals surface area (Å²) in [5.41, 5.74) is 0.264. The second-order valence-electron chi connectivity index (χ2n) is 5.46. The molecule has 0 aliphatic heterocycles. The fourth-order valence-electron chi connectivity index (χ4n) is 2.92. The summed E-state index contributed by atoms with van der Waals surface area (Å²) in [6.45, 7) is 3.69. The summed E-state index contributed by atoms with van der Waals surface area (Å²) in [5, 5.41) is 18.9. The number of methoxy groups -OCH3 is 2. The first-order chi connectivity index (χ1) is 12.9. The lowest BCUT2D eigenvalue weighted by Gasteiger charge is -2.08. The summed E-state index contributed by atoms with van der Waals surface area (Å²) in [6, 6.07) is 6.38. The van der Waals surface area contributed by atoms with E-state index in [2.05, 4.69) is 6.58 Å². The molecule has 1 aromatic heterocycles. The number of rotatable bonds is 2. The van der Waals surface area contributed by atoms with E-state index in [9.17, 15) is 24.9 Å². The number of fused-ring (bicyclic) bond motifs is 3. The molecule has 132 valence electrons. The smallest absolute Gasteiger partial charge is 0.338 e. The van der Waals surface area contributed by atoms with E-state index < -0.39 is 17.7 Å². The molecule has 1 aromatic carbocycles. The normalized spacial score (nSPS) is 12.4. The third-order valence-corrected chi connectivity index (χ3v) is 5.30. The number of ether oxygens (including phenoxy) is 2. The summed E-state index contributed by atoms with van der Waals surface area (Å²) < 4.78 is 9.97. The minimum Gasteiger partial charge on any atom is -0.465 e. The molecule has 0 fully saturated rings. The average Bonchev–Trinajstić information content (AvgIpc) is 3.16. The summed E-state index contributed by atoms with van der Waals surface area (Å²) in [5.74, 6) is -1.89. The Morgan fingerprint density at radius 2 is 1.63 bits per heavy atom. The van der Waals surface area contributed by atoms with Crippen molar-refractivity contribution in [2.24, 2.45) is 0 Å². The van der Waals surface area contributed by atoms with Crippen molar-refractivity contribution in [2.75, 3.05) is 14.2 Å². The summed E-state index contributed by atoms with van der Waals surface area (Å²) >= 11 is 1.09. The zero-order valence-electron chi connectivity index (χ0n) is 14.2. The van der Waals surface area contributed by atoms with Crippen molar-refractivity contribution in [3.63, 3.8) is 0 Å². The molecular weight excluding hydrogens is 368 g/mol. The van der Waals surface area contributed by atoms with Crippen molar-refractivity contribution in [3.8, 4) is 12.1 Å². The van der Waals surface area contributed by atoms with Crippen molar-refractivity contribution in [2.45, 2.75) is 0 Å². The molecule has 0 saturated heterocycles. The van der Waals surface area contributed by atoms with Crippen LogP contribution >= 0.6 is 11.3 Å². The predicted octanol–water partition coefficient (Wildman–Crippen LogP) is 3.03. The molecule has 27 heavy (non-hydrogen) atoms. The summed E-state index contributed by atoms with van der Waals surface area (Å²) in [7, 11) is 2.36. The van der Waals surface area contributed by atoms with Crippen molar-refractivity contribution in [1.82, 2.24) is 0 Å². The Bertz CT molecular complexity index is 1170. The van der Waals surface area contributed by atoms with Crippen LogP contribution in [0.25, 0.3) is 15.7 Å². The Labute approximate surface area is 157 Å². The minimum absolute atomic E-state index is 0.00521. The van der Waals surface area contributed by atoms with E-state index in [1.165, 1.54) is 26.4 Å². The Morgan fingerprint density at radius 1 is 1.07 bits per heavy atom. The molecule has 0 bridgehead atoms. The van der Waals surface area contributed by atoms with Gasteiger partial charge in [0, 0.05) is 26.8 Å². The first-order valence-electron chi connectivity index (χ1n) is 7.45. The highest BCUT2D eigenvalue weighted by molar-refractivity contribution is 7.21.